The first-order chi connectivity index (χ1) is 8.11. The summed E-state index contributed by atoms with van der Waals surface area (Å²) >= 11 is 0. The molecular formula is C13H16N2O2. The number of nitrogens with two attached hydrogens (primary N) is 1. The summed E-state index contributed by atoms with van der Waals surface area (Å²) in [5, 5.41) is 20.3. The maximum Gasteiger partial charge on any atom is 0.106 e. The molecule has 2 atom stereocenters. The molecule has 0 saturated heterocycles. The summed E-state index contributed by atoms with van der Waals surface area (Å²) in [4.78, 5) is 4.37. The van der Waals surface area contributed by atoms with Crippen LogP contribution in [0.15, 0.2) is 30.3 Å². The predicted molar refractivity (Wildman–Crippen MR) is 66.5 cm³/mol. The second kappa shape index (κ2) is 4.79. The highest BCUT2D eigenvalue weighted by atomic mass is 16.3. The quantitative estimate of drug-likeness (QED) is 0.734. The Kier molecular flexibility index (Phi) is 3.38. The SMILES string of the molecule is Cc1ccc2cc(C(O)C(O)CN)ccc2n1. The Morgan fingerprint density at radius 2 is 2.00 bits per heavy atom. The van der Waals surface area contributed by atoms with Crippen LogP contribution in [-0.4, -0.2) is 27.8 Å². The van der Waals surface area contributed by atoms with Crippen LogP contribution in [0, 0.1) is 6.92 Å². The van der Waals surface area contributed by atoms with Gasteiger partial charge in [-0.05, 0) is 30.7 Å². The van der Waals surface area contributed by atoms with Gasteiger partial charge in [0.1, 0.15) is 6.10 Å². The molecule has 0 fully saturated rings. The number of aryl methyl sites for hydroxylation is 1. The van der Waals surface area contributed by atoms with E-state index in [1.165, 1.54) is 0 Å². The first-order valence-corrected chi connectivity index (χ1v) is 5.55. The molecule has 2 unspecified atom stereocenters. The molecule has 0 spiro atoms. The van der Waals surface area contributed by atoms with Crippen molar-refractivity contribution >= 4 is 10.9 Å². The lowest BCUT2D eigenvalue weighted by Gasteiger charge is -2.16. The maximum atomic E-state index is 9.85. The first-order valence-electron chi connectivity index (χ1n) is 5.55. The second-order valence-corrected chi connectivity index (χ2v) is 4.15. The minimum atomic E-state index is -0.953. The number of hydrogen-bond donors (Lipinski definition) is 3. The topological polar surface area (TPSA) is 79.4 Å². The Morgan fingerprint density at radius 3 is 2.71 bits per heavy atom. The first kappa shape index (κ1) is 12.0. The van der Waals surface area contributed by atoms with Gasteiger partial charge in [-0.1, -0.05) is 12.1 Å². The number of nitrogens with zero attached hydrogens (tertiary/aromatic N) is 1. The van der Waals surface area contributed by atoms with Gasteiger partial charge in [-0.25, -0.2) is 0 Å². The predicted octanol–water partition coefficient (Wildman–Crippen LogP) is 0.896. The zero-order chi connectivity index (χ0) is 12.4. The van der Waals surface area contributed by atoms with Gasteiger partial charge < -0.3 is 15.9 Å². The van der Waals surface area contributed by atoms with Gasteiger partial charge in [0.05, 0.1) is 11.6 Å². The van der Waals surface area contributed by atoms with E-state index in [4.69, 9.17) is 5.73 Å². The number of aliphatic hydroxyl groups is 2. The Hall–Kier alpha value is -1.49. The minimum absolute atomic E-state index is 0.0331. The molecule has 0 radical (unpaired) electrons. The lowest BCUT2D eigenvalue weighted by atomic mass is 10.0. The van der Waals surface area contributed by atoms with Crippen LogP contribution in [0.4, 0.5) is 0 Å². The van der Waals surface area contributed by atoms with Gasteiger partial charge in [0.15, 0.2) is 0 Å². The second-order valence-electron chi connectivity index (χ2n) is 4.15. The summed E-state index contributed by atoms with van der Waals surface area (Å²) in [5.41, 5.74) is 7.80. The molecule has 90 valence electrons. The molecule has 17 heavy (non-hydrogen) atoms. The molecule has 0 aliphatic carbocycles. The van der Waals surface area contributed by atoms with E-state index < -0.39 is 12.2 Å². The van der Waals surface area contributed by atoms with Crippen LogP contribution in [0.3, 0.4) is 0 Å². The van der Waals surface area contributed by atoms with E-state index in [9.17, 15) is 10.2 Å². The molecule has 4 N–H and O–H groups in total. The zero-order valence-electron chi connectivity index (χ0n) is 9.67. The van der Waals surface area contributed by atoms with Gasteiger partial charge in [-0.2, -0.15) is 0 Å². The average molecular weight is 232 g/mol. The average Bonchev–Trinajstić information content (AvgIpc) is 2.36. The number of fused-ring (bicyclic) bond motifs is 1. The number of benzene rings is 1. The molecule has 1 aromatic carbocycles. The summed E-state index contributed by atoms with van der Waals surface area (Å²) < 4.78 is 0. The molecule has 0 saturated carbocycles. The summed E-state index contributed by atoms with van der Waals surface area (Å²) in [5.74, 6) is 0. The number of hydrogen-bond acceptors (Lipinski definition) is 4. The summed E-state index contributed by atoms with van der Waals surface area (Å²) in [6, 6.07) is 9.29. The number of aromatic nitrogens is 1. The third-order valence-electron chi connectivity index (χ3n) is 2.80. The van der Waals surface area contributed by atoms with Crippen LogP contribution in [-0.2, 0) is 0 Å². The van der Waals surface area contributed by atoms with Gasteiger partial charge in [0.25, 0.3) is 0 Å². The molecule has 0 aliphatic heterocycles. The fourth-order valence-corrected chi connectivity index (χ4v) is 1.78. The number of rotatable bonds is 3. The summed E-state index contributed by atoms with van der Waals surface area (Å²) in [6.45, 7) is 1.96. The largest absolute Gasteiger partial charge is 0.389 e. The normalized spacial score (nSPS) is 14.8. The molecule has 4 heteroatoms. The summed E-state index contributed by atoms with van der Waals surface area (Å²) in [6.07, 6.45) is -1.89. The third kappa shape index (κ3) is 2.44. The number of pyridine rings is 1. The summed E-state index contributed by atoms with van der Waals surface area (Å²) in [7, 11) is 0. The van der Waals surface area contributed by atoms with Crippen LogP contribution in [0.25, 0.3) is 10.9 Å². The molecule has 0 bridgehead atoms. The van der Waals surface area contributed by atoms with Crippen LogP contribution in [0.2, 0.25) is 0 Å². The van der Waals surface area contributed by atoms with E-state index in [0.717, 1.165) is 16.6 Å². The van der Waals surface area contributed by atoms with E-state index in [2.05, 4.69) is 4.98 Å². The van der Waals surface area contributed by atoms with Crippen molar-refractivity contribution in [1.29, 1.82) is 0 Å². The van der Waals surface area contributed by atoms with E-state index in [1.807, 2.05) is 31.2 Å². The van der Waals surface area contributed by atoms with Gasteiger partial charge in [0.2, 0.25) is 0 Å². The van der Waals surface area contributed by atoms with Crippen molar-refractivity contribution in [2.24, 2.45) is 5.73 Å². The highest BCUT2D eigenvalue weighted by Gasteiger charge is 2.16. The zero-order valence-corrected chi connectivity index (χ0v) is 9.67. The fraction of sp³-hybridized carbons (Fsp3) is 0.308. The van der Waals surface area contributed by atoms with Crippen LogP contribution < -0.4 is 5.73 Å². The molecule has 2 rings (SSSR count). The van der Waals surface area contributed by atoms with E-state index in [0.29, 0.717) is 5.56 Å². The molecule has 1 aromatic heterocycles. The monoisotopic (exact) mass is 232 g/mol. The molecule has 0 aliphatic rings. The van der Waals surface area contributed by atoms with Crippen molar-refractivity contribution in [3.63, 3.8) is 0 Å². The van der Waals surface area contributed by atoms with Crippen molar-refractivity contribution in [2.45, 2.75) is 19.1 Å². The highest BCUT2D eigenvalue weighted by Crippen LogP contribution is 2.21. The van der Waals surface area contributed by atoms with Crippen LogP contribution >= 0.6 is 0 Å². The number of aliphatic hydroxyl groups excluding tert-OH is 2. The van der Waals surface area contributed by atoms with Gasteiger partial charge >= 0.3 is 0 Å². The van der Waals surface area contributed by atoms with E-state index >= 15 is 0 Å². The van der Waals surface area contributed by atoms with E-state index in [1.54, 1.807) is 6.07 Å². The van der Waals surface area contributed by atoms with Crippen molar-refractivity contribution < 1.29 is 10.2 Å². The van der Waals surface area contributed by atoms with E-state index in [-0.39, 0.29) is 6.54 Å². The van der Waals surface area contributed by atoms with Crippen LogP contribution in [0.1, 0.15) is 17.4 Å². The van der Waals surface area contributed by atoms with Gasteiger partial charge in [-0.3, -0.25) is 4.98 Å². The fourth-order valence-electron chi connectivity index (χ4n) is 1.78. The van der Waals surface area contributed by atoms with Crippen molar-refractivity contribution in [3.8, 4) is 0 Å². The smallest absolute Gasteiger partial charge is 0.106 e. The molecule has 0 amide bonds. The minimum Gasteiger partial charge on any atom is -0.389 e. The van der Waals surface area contributed by atoms with Gasteiger partial charge in [0, 0.05) is 17.6 Å². The van der Waals surface area contributed by atoms with Crippen molar-refractivity contribution in [2.75, 3.05) is 6.54 Å². The Balaban J connectivity index is 2.41. The Morgan fingerprint density at radius 1 is 1.24 bits per heavy atom. The molecule has 2 aromatic rings. The van der Waals surface area contributed by atoms with Gasteiger partial charge in [-0.15, -0.1) is 0 Å². The molecule has 1 heterocycles. The Bertz CT molecular complexity index is 528. The Labute approximate surface area is 99.7 Å². The standard InChI is InChI=1S/C13H16N2O2/c1-8-2-3-9-6-10(4-5-11(9)15-8)13(17)12(16)7-14/h2-6,12-13,16-17H,7,14H2,1H3. The third-order valence-corrected chi connectivity index (χ3v) is 2.80. The molecular weight excluding hydrogens is 216 g/mol. The van der Waals surface area contributed by atoms with Crippen LogP contribution in [0.5, 0.6) is 0 Å². The van der Waals surface area contributed by atoms with Crippen molar-refractivity contribution in [1.82, 2.24) is 4.98 Å². The lowest BCUT2D eigenvalue weighted by molar-refractivity contribution is 0.0244. The van der Waals surface area contributed by atoms with Crippen molar-refractivity contribution in [3.05, 3.63) is 41.6 Å². The lowest BCUT2D eigenvalue weighted by Crippen LogP contribution is -2.27. The maximum absolute atomic E-state index is 9.85. The molecule has 4 nitrogen and oxygen atoms in total. The highest BCUT2D eigenvalue weighted by molar-refractivity contribution is 5.79.